The van der Waals surface area contributed by atoms with Crippen LogP contribution in [0, 0.1) is 22.2 Å². The minimum atomic E-state index is -3.56. The maximum Gasteiger partial charge on any atom is 0.238 e. The third-order valence-electron chi connectivity index (χ3n) is 7.70. The van der Waals surface area contributed by atoms with E-state index in [1.807, 2.05) is 20.8 Å². The van der Waals surface area contributed by atoms with Crippen molar-refractivity contribution in [1.82, 2.24) is 4.31 Å². The van der Waals surface area contributed by atoms with Gasteiger partial charge in [0.2, 0.25) is 15.9 Å². The zero-order valence-corrected chi connectivity index (χ0v) is 16.9. The van der Waals surface area contributed by atoms with Gasteiger partial charge in [0.15, 0.2) is 0 Å². The Balaban J connectivity index is 1.81. The standard InChI is InChI=1S/C19H31NO4S/c1-6-15(21)17(2,3)9-8-16(22)20-14-11-13-7-10-19(14,18(13,4)5)12-25(20,23)24/h13-14H,6-12H2,1-5H3/t13?,14-,19?/m1/s1. The van der Waals surface area contributed by atoms with E-state index in [1.54, 1.807) is 0 Å². The monoisotopic (exact) mass is 369 g/mol. The number of carbonyl (C=O) groups excluding carboxylic acids is 2. The van der Waals surface area contributed by atoms with Crippen molar-refractivity contribution in [2.24, 2.45) is 22.2 Å². The van der Waals surface area contributed by atoms with Crippen molar-refractivity contribution < 1.29 is 18.0 Å². The first-order valence-electron chi connectivity index (χ1n) is 9.47. The molecule has 142 valence electrons. The number of carbonyl (C=O) groups is 2. The van der Waals surface area contributed by atoms with Crippen LogP contribution in [-0.4, -0.2) is 36.2 Å². The van der Waals surface area contributed by atoms with E-state index < -0.39 is 15.4 Å². The number of sulfonamides is 1. The van der Waals surface area contributed by atoms with Crippen LogP contribution in [-0.2, 0) is 19.6 Å². The van der Waals surface area contributed by atoms with Gasteiger partial charge in [0, 0.05) is 23.7 Å². The molecule has 0 radical (unpaired) electrons. The first-order chi connectivity index (χ1) is 11.4. The molecular weight excluding hydrogens is 338 g/mol. The zero-order valence-electron chi connectivity index (χ0n) is 16.1. The van der Waals surface area contributed by atoms with E-state index >= 15 is 0 Å². The predicted octanol–water partition coefficient (Wildman–Crippen LogP) is 3.14. The summed E-state index contributed by atoms with van der Waals surface area (Å²) in [4.78, 5) is 24.9. The van der Waals surface area contributed by atoms with Crippen LogP contribution in [0.1, 0.15) is 73.1 Å². The molecule has 5 nitrogen and oxygen atoms in total. The van der Waals surface area contributed by atoms with Gasteiger partial charge in [-0.3, -0.25) is 9.59 Å². The fraction of sp³-hybridized carbons (Fsp3) is 0.895. The Morgan fingerprint density at radius 3 is 2.44 bits per heavy atom. The molecule has 0 aromatic carbocycles. The second kappa shape index (κ2) is 5.54. The maximum absolute atomic E-state index is 12.9. The number of hydrogen-bond donors (Lipinski definition) is 0. The van der Waals surface area contributed by atoms with E-state index in [4.69, 9.17) is 0 Å². The second-order valence-corrected chi connectivity index (χ2v) is 11.3. The molecular formula is C19H31NO4S. The molecule has 3 rings (SSSR count). The molecule has 1 aliphatic heterocycles. The average molecular weight is 370 g/mol. The van der Waals surface area contributed by atoms with Crippen LogP contribution in [0.15, 0.2) is 0 Å². The van der Waals surface area contributed by atoms with Crippen molar-refractivity contribution in [3.63, 3.8) is 0 Å². The largest absolute Gasteiger partial charge is 0.299 e. The van der Waals surface area contributed by atoms with Crippen molar-refractivity contribution in [2.75, 3.05) is 5.75 Å². The SMILES string of the molecule is CCC(=O)C(C)(C)CCC(=O)N1[C@@H]2CC3CCC2(CS1(=O)=O)C3(C)C. The van der Waals surface area contributed by atoms with Crippen LogP contribution >= 0.6 is 0 Å². The molecule has 1 amide bonds. The molecule has 25 heavy (non-hydrogen) atoms. The lowest BCUT2D eigenvalue weighted by Gasteiger charge is -2.37. The minimum Gasteiger partial charge on any atom is -0.299 e. The van der Waals surface area contributed by atoms with Gasteiger partial charge in [0.05, 0.1) is 11.8 Å². The van der Waals surface area contributed by atoms with Crippen LogP contribution in [0.3, 0.4) is 0 Å². The van der Waals surface area contributed by atoms with E-state index in [-0.39, 0.29) is 40.7 Å². The Bertz CT molecular complexity index is 709. The first kappa shape index (κ1) is 18.9. The van der Waals surface area contributed by atoms with Gasteiger partial charge < -0.3 is 0 Å². The molecule has 0 N–H and O–H groups in total. The van der Waals surface area contributed by atoms with E-state index in [2.05, 4.69) is 13.8 Å². The van der Waals surface area contributed by atoms with E-state index in [0.717, 1.165) is 19.3 Å². The smallest absolute Gasteiger partial charge is 0.238 e. The molecule has 6 heteroatoms. The normalized spacial score (nSPS) is 35.0. The molecule has 2 aliphatic carbocycles. The average Bonchev–Trinajstić information content (AvgIpc) is 2.99. The highest BCUT2D eigenvalue weighted by atomic mass is 32.2. The zero-order chi connectivity index (χ0) is 18.8. The summed E-state index contributed by atoms with van der Waals surface area (Å²) in [6, 6.07) is -0.177. The van der Waals surface area contributed by atoms with Crippen LogP contribution in [0.2, 0.25) is 0 Å². The number of rotatable bonds is 5. The van der Waals surface area contributed by atoms with Gasteiger partial charge in [-0.15, -0.1) is 0 Å². The van der Waals surface area contributed by atoms with Gasteiger partial charge >= 0.3 is 0 Å². The lowest BCUT2D eigenvalue weighted by atomic mass is 9.69. The van der Waals surface area contributed by atoms with Crippen molar-refractivity contribution >= 4 is 21.7 Å². The van der Waals surface area contributed by atoms with Gasteiger partial charge in [-0.25, -0.2) is 12.7 Å². The Morgan fingerprint density at radius 1 is 1.24 bits per heavy atom. The molecule has 2 saturated carbocycles. The van der Waals surface area contributed by atoms with Gasteiger partial charge in [-0.2, -0.15) is 0 Å². The molecule has 1 spiro atoms. The number of ketones is 1. The van der Waals surface area contributed by atoms with Gasteiger partial charge in [0.25, 0.3) is 0 Å². The number of hydrogen-bond acceptors (Lipinski definition) is 4. The molecule has 0 aromatic heterocycles. The molecule has 1 saturated heterocycles. The number of amides is 1. The predicted molar refractivity (Wildman–Crippen MR) is 96.3 cm³/mol. The highest BCUT2D eigenvalue weighted by Gasteiger charge is 2.72. The molecule has 3 aliphatic rings. The fourth-order valence-corrected chi connectivity index (χ4v) is 8.34. The summed E-state index contributed by atoms with van der Waals surface area (Å²) in [5.41, 5.74) is -0.891. The third-order valence-corrected chi connectivity index (χ3v) is 9.63. The third kappa shape index (κ3) is 2.50. The van der Waals surface area contributed by atoms with Crippen molar-refractivity contribution in [3.05, 3.63) is 0 Å². The molecule has 3 fully saturated rings. The summed E-state index contributed by atoms with van der Waals surface area (Å²) >= 11 is 0. The molecule has 2 bridgehead atoms. The van der Waals surface area contributed by atoms with E-state index in [9.17, 15) is 18.0 Å². The fourth-order valence-electron chi connectivity index (χ4n) is 5.76. The summed E-state index contributed by atoms with van der Waals surface area (Å²) in [5.74, 6) is 0.405. The van der Waals surface area contributed by atoms with Crippen LogP contribution in [0.5, 0.6) is 0 Å². The van der Waals surface area contributed by atoms with Crippen molar-refractivity contribution in [2.45, 2.75) is 79.2 Å². The molecule has 0 aromatic rings. The molecule has 2 unspecified atom stereocenters. The summed E-state index contributed by atoms with van der Waals surface area (Å²) in [5, 5.41) is 0. The topological polar surface area (TPSA) is 71.5 Å². The molecule has 3 atom stereocenters. The Hall–Kier alpha value is -0.910. The van der Waals surface area contributed by atoms with Gasteiger partial charge in [-0.1, -0.05) is 34.6 Å². The van der Waals surface area contributed by atoms with Crippen LogP contribution in [0.4, 0.5) is 0 Å². The van der Waals surface area contributed by atoms with Crippen molar-refractivity contribution in [3.8, 4) is 0 Å². The Morgan fingerprint density at radius 2 is 1.88 bits per heavy atom. The summed E-state index contributed by atoms with van der Waals surface area (Å²) in [6.07, 6.45) is 3.73. The lowest BCUT2D eigenvalue weighted by Crippen LogP contribution is -2.44. The first-order valence-corrected chi connectivity index (χ1v) is 11.1. The van der Waals surface area contributed by atoms with E-state index in [0.29, 0.717) is 18.8 Å². The van der Waals surface area contributed by atoms with Crippen molar-refractivity contribution in [1.29, 1.82) is 0 Å². The molecule has 1 heterocycles. The number of fused-ring (bicyclic) bond motifs is 1. The Kier molecular flexibility index (Phi) is 4.18. The van der Waals surface area contributed by atoms with Crippen LogP contribution < -0.4 is 0 Å². The summed E-state index contributed by atoms with van der Waals surface area (Å²) in [6.45, 7) is 9.85. The Labute approximate surface area is 151 Å². The summed E-state index contributed by atoms with van der Waals surface area (Å²) in [7, 11) is -3.56. The quantitative estimate of drug-likeness (QED) is 0.746. The number of nitrogens with zero attached hydrogens (tertiary/aromatic N) is 1. The second-order valence-electron chi connectivity index (χ2n) is 9.47. The van der Waals surface area contributed by atoms with E-state index in [1.165, 1.54) is 4.31 Å². The number of Topliss-reactive ketones (excluding diaryl/α,β-unsaturated/α-hetero) is 1. The maximum atomic E-state index is 12.9. The lowest BCUT2D eigenvalue weighted by molar-refractivity contribution is -0.131. The van der Waals surface area contributed by atoms with Gasteiger partial charge in [-0.05, 0) is 37.0 Å². The highest BCUT2D eigenvalue weighted by Crippen LogP contribution is 2.70. The van der Waals surface area contributed by atoms with Crippen LogP contribution in [0.25, 0.3) is 0 Å². The van der Waals surface area contributed by atoms with Gasteiger partial charge in [0.1, 0.15) is 5.78 Å². The summed E-state index contributed by atoms with van der Waals surface area (Å²) < 4.78 is 26.9. The minimum absolute atomic E-state index is 0.0305. The highest BCUT2D eigenvalue weighted by molar-refractivity contribution is 7.90.